The molecule has 1 aromatic carbocycles. The largest absolute Gasteiger partial charge is 0.497 e. The molecule has 0 spiro atoms. The molecular weight excluding hydrogens is 296 g/mol. The third-order valence-corrected chi connectivity index (χ3v) is 3.51. The highest BCUT2D eigenvalue weighted by Gasteiger charge is 2.27. The van der Waals surface area contributed by atoms with E-state index >= 15 is 0 Å². The van der Waals surface area contributed by atoms with Crippen LogP contribution in [0.1, 0.15) is 35.4 Å². The first-order chi connectivity index (χ1) is 11.1. The average Bonchev–Trinajstić information content (AvgIpc) is 2.98. The molecule has 122 valence electrons. The summed E-state index contributed by atoms with van der Waals surface area (Å²) in [6.45, 7) is 3.82. The van der Waals surface area contributed by atoms with Crippen LogP contribution in [0.5, 0.6) is 5.75 Å². The van der Waals surface area contributed by atoms with E-state index in [1.54, 1.807) is 50.6 Å². The Hall–Kier alpha value is -2.63. The van der Waals surface area contributed by atoms with Gasteiger partial charge in [-0.05, 0) is 44.2 Å². The number of hydrogen-bond donors (Lipinski definition) is 0. The van der Waals surface area contributed by atoms with Gasteiger partial charge in [-0.3, -0.25) is 9.48 Å². The molecular formula is C17H20N2O4. The van der Waals surface area contributed by atoms with Crippen molar-refractivity contribution in [3.05, 3.63) is 47.8 Å². The van der Waals surface area contributed by atoms with E-state index < -0.39 is 12.0 Å². The lowest BCUT2D eigenvalue weighted by Gasteiger charge is -2.17. The van der Waals surface area contributed by atoms with Gasteiger partial charge in [-0.2, -0.15) is 5.10 Å². The van der Waals surface area contributed by atoms with E-state index in [2.05, 4.69) is 5.10 Å². The zero-order valence-electron chi connectivity index (χ0n) is 13.5. The molecule has 0 saturated heterocycles. The number of aryl methyl sites for hydroxylation is 1. The second-order valence-corrected chi connectivity index (χ2v) is 5.04. The molecule has 1 atom stereocenters. The van der Waals surface area contributed by atoms with Crippen molar-refractivity contribution in [1.29, 1.82) is 0 Å². The van der Waals surface area contributed by atoms with Crippen LogP contribution in [0.3, 0.4) is 0 Å². The van der Waals surface area contributed by atoms with Gasteiger partial charge in [-0.1, -0.05) is 0 Å². The van der Waals surface area contributed by atoms with Crippen molar-refractivity contribution in [1.82, 2.24) is 9.78 Å². The van der Waals surface area contributed by atoms with Crippen LogP contribution in [0.2, 0.25) is 0 Å². The van der Waals surface area contributed by atoms with Crippen molar-refractivity contribution in [2.24, 2.45) is 0 Å². The lowest BCUT2D eigenvalue weighted by atomic mass is 10.0. The highest BCUT2D eigenvalue weighted by molar-refractivity contribution is 5.98. The molecule has 23 heavy (non-hydrogen) atoms. The van der Waals surface area contributed by atoms with Crippen LogP contribution in [0.4, 0.5) is 0 Å². The Morgan fingerprint density at radius 2 is 1.91 bits per heavy atom. The highest BCUT2D eigenvalue weighted by Crippen LogP contribution is 2.20. The van der Waals surface area contributed by atoms with Gasteiger partial charge in [0.05, 0.1) is 13.7 Å². The molecule has 2 rings (SSSR count). The minimum atomic E-state index is -0.764. The normalized spacial score (nSPS) is 11.8. The molecule has 0 amide bonds. The maximum Gasteiger partial charge on any atom is 0.331 e. The van der Waals surface area contributed by atoms with Gasteiger partial charge in [0.1, 0.15) is 5.75 Å². The van der Waals surface area contributed by atoms with Gasteiger partial charge in [0, 0.05) is 23.9 Å². The summed E-state index contributed by atoms with van der Waals surface area (Å²) in [5.41, 5.74) is 1.32. The average molecular weight is 316 g/mol. The summed E-state index contributed by atoms with van der Waals surface area (Å²) in [5.74, 6) is 0.0631. The smallest absolute Gasteiger partial charge is 0.331 e. The topological polar surface area (TPSA) is 70.4 Å². The number of nitrogens with zero attached hydrogens (tertiary/aromatic N) is 2. The number of rotatable bonds is 7. The Bertz CT molecular complexity index is 676. The monoisotopic (exact) mass is 316 g/mol. The maximum atomic E-state index is 12.5. The van der Waals surface area contributed by atoms with Crippen LogP contribution in [0.25, 0.3) is 0 Å². The first kappa shape index (κ1) is 16.7. The zero-order valence-corrected chi connectivity index (χ0v) is 13.5. The number of carbonyl (C=O) groups is 2. The predicted octanol–water partition coefficient (Wildman–Crippen LogP) is 2.58. The summed E-state index contributed by atoms with van der Waals surface area (Å²) in [5, 5.41) is 4.14. The first-order valence-corrected chi connectivity index (χ1v) is 7.40. The minimum absolute atomic E-state index is 0.00627. The maximum absolute atomic E-state index is 12.5. The van der Waals surface area contributed by atoms with Crippen LogP contribution in [-0.4, -0.2) is 35.2 Å². The Morgan fingerprint density at radius 1 is 1.22 bits per heavy atom. The van der Waals surface area contributed by atoms with Crippen molar-refractivity contribution < 1.29 is 19.1 Å². The number of carbonyl (C=O) groups excluding carboxylic acids is 2. The Labute approximate surface area is 135 Å². The third-order valence-electron chi connectivity index (χ3n) is 3.51. The lowest BCUT2D eigenvalue weighted by molar-refractivity contribution is -0.147. The van der Waals surface area contributed by atoms with Gasteiger partial charge in [0.2, 0.25) is 0 Å². The molecule has 0 fully saturated rings. The SMILES string of the molecule is CCOC(=O)C(CC(=O)c1ccc(OC)cc1)n1nccc1C. The number of ketones is 1. The van der Waals surface area contributed by atoms with E-state index in [1.807, 2.05) is 6.92 Å². The molecule has 0 N–H and O–H groups in total. The van der Waals surface area contributed by atoms with Crippen molar-refractivity contribution >= 4 is 11.8 Å². The standard InChI is InChI=1S/C17H20N2O4/c1-4-23-17(21)15(19-12(2)9-10-18-19)11-16(20)13-5-7-14(22-3)8-6-13/h5-10,15H,4,11H2,1-3H3. The van der Waals surface area contributed by atoms with Gasteiger partial charge >= 0.3 is 5.97 Å². The quantitative estimate of drug-likeness (QED) is 0.580. The molecule has 6 heteroatoms. The van der Waals surface area contributed by atoms with Gasteiger partial charge in [-0.25, -0.2) is 4.79 Å². The number of benzene rings is 1. The molecule has 0 aliphatic rings. The number of esters is 1. The van der Waals surface area contributed by atoms with Gasteiger partial charge < -0.3 is 9.47 Å². The lowest BCUT2D eigenvalue weighted by Crippen LogP contribution is -2.26. The van der Waals surface area contributed by atoms with Crippen LogP contribution in [0, 0.1) is 6.92 Å². The molecule has 2 aromatic rings. The zero-order chi connectivity index (χ0) is 16.8. The molecule has 1 heterocycles. The summed E-state index contributed by atoms with van der Waals surface area (Å²) in [6, 6.07) is 7.81. The molecule has 0 aliphatic carbocycles. The Balaban J connectivity index is 2.21. The second-order valence-electron chi connectivity index (χ2n) is 5.04. The summed E-state index contributed by atoms with van der Waals surface area (Å²) in [7, 11) is 1.56. The predicted molar refractivity (Wildman–Crippen MR) is 84.6 cm³/mol. The van der Waals surface area contributed by atoms with E-state index in [-0.39, 0.29) is 18.8 Å². The van der Waals surface area contributed by atoms with E-state index in [9.17, 15) is 9.59 Å². The highest BCUT2D eigenvalue weighted by atomic mass is 16.5. The Kier molecular flexibility index (Phi) is 5.51. The van der Waals surface area contributed by atoms with E-state index in [4.69, 9.17) is 9.47 Å². The van der Waals surface area contributed by atoms with Crippen LogP contribution in [0.15, 0.2) is 36.5 Å². The van der Waals surface area contributed by atoms with Crippen molar-refractivity contribution in [2.75, 3.05) is 13.7 Å². The number of hydrogen-bond acceptors (Lipinski definition) is 5. The van der Waals surface area contributed by atoms with Crippen LogP contribution >= 0.6 is 0 Å². The molecule has 1 aromatic heterocycles. The van der Waals surface area contributed by atoms with Gasteiger partial charge in [0.15, 0.2) is 11.8 Å². The summed E-state index contributed by atoms with van der Waals surface area (Å²) in [4.78, 5) is 24.7. The fraction of sp³-hybridized carbons (Fsp3) is 0.353. The van der Waals surface area contributed by atoms with E-state index in [0.29, 0.717) is 11.3 Å². The van der Waals surface area contributed by atoms with Crippen LogP contribution < -0.4 is 4.74 Å². The molecule has 6 nitrogen and oxygen atoms in total. The summed E-state index contributed by atoms with van der Waals surface area (Å²) >= 11 is 0. The van der Waals surface area contributed by atoms with Crippen molar-refractivity contribution in [3.63, 3.8) is 0 Å². The second kappa shape index (κ2) is 7.58. The molecule has 0 radical (unpaired) electrons. The van der Waals surface area contributed by atoms with E-state index in [1.165, 1.54) is 4.68 Å². The van der Waals surface area contributed by atoms with Crippen molar-refractivity contribution in [3.8, 4) is 5.75 Å². The summed E-state index contributed by atoms with van der Waals surface area (Å²) in [6.07, 6.45) is 1.59. The number of Topliss-reactive ketones (excluding diaryl/α,β-unsaturated/α-hetero) is 1. The van der Waals surface area contributed by atoms with E-state index in [0.717, 1.165) is 5.69 Å². The first-order valence-electron chi connectivity index (χ1n) is 7.40. The van der Waals surface area contributed by atoms with Gasteiger partial charge in [-0.15, -0.1) is 0 Å². The van der Waals surface area contributed by atoms with Crippen molar-refractivity contribution in [2.45, 2.75) is 26.3 Å². The van der Waals surface area contributed by atoms with Crippen LogP contribution in [-0.2, 0) is 9.53 Å². The third kappa shape index (κ3) is 3.97. The Morgan fingerprint density at radius 3 is 2.43 bits per heavy atom. The summed E-state index contributed by atoms with van der Waals surface area (Å²) < 4.78 is 11.7. The van der Waals surface area contributed by atoms with Gasteiger partial charge in [0.25, 0.3) is 0 Å². The fourth-order valence-corrected chi connectivity index (χ4v) is 2.29. The molecule has 1 unspecified atom stereocenters. The molecule has 0 saturated carbocycles. The molecule has 0 aliphatic heterocycles. The molecule has 0 bridgehead atoms. The minimum Gasteiger partial charge on any atom is -0.497 e. The fourth-order valence-electron chi connectivity index (χ4n) is 2.29. The number of methoxy groups -OCH3 is 1. The number of ether oxygens (including phenoxy) is 2. The number of aromatic nitrogens is 2.